The molecule has 5 heteroatoms. The molecule has 3 fully saturated rings. The summed E-state index contributed by atoms with van der Waals surface area (Å²) in [5, 5.41) is 0. The Kier molecular flexibility index (Phi) is 1.74. The summed E-state index contributed by atoms with van der Waals surface area (Å²) in [5.74, 6) is -0.829. The van der Waals surface area contributed by atoms with Crippen LogP contribution in [0.5, 0.6) is 0 Å². The van der Waals surface area contributed by atoms with Crippen LogP contribution >= 0.6 is 0 Å². The summed E-state index contributed by atoms with van der Waals surface area (Å²) in [7, 11) is 0. The zero-order valence-electron chi connectivity index (χ0n) is 8.82. The lowest BCUT2D eigenvalue weighted by atomic mass is 9.96. The number of carbonyl (C=O) groups excluding carboxylic acids is 1. The van der Waals surface area contributed by atoms with Gasteiger partial charge in [0.15, 0.2) is 23.8 Å². The Labute approximate surface area is 87.6 Å². The van der Waals surface area contributed by atoms with Gasteiger partial charge in [0.25, 0.3) is 0 Å². The molecule has 5 nitrogen and oxygen atoms in total. The minimum atomic E-state index is -0.655. The number of rotatable bonds is 0. The Bertz CT molecular complexity index is 313. The van der Waals surface area contributed by atoms with Crippen molar-refractivity contribution in [2.45, 2.75) is 50.5 Å². The number of hydrogen-bond donors (Lipinski definition) is 0. The van der Waals surface area contributed by atoms with Crippen molar-refractivity contribution in [3.05, 3.63) is 0 Å². The molecule has 15 heavy (non-hydrogen) atoms. The third-order valence-corrected chi connectivity index (χ3v) is 3.14. The van der Waals surface area contributed by atoms with Gasteiger partial charge in [-0.3, -0.25) is 4.79 Å². The summed E-state index contributed by atoms with van der Waals surface area (Å²) in [5.41, 5.74) is -0.602. The fourth-order valence-corrected chi connectivity index (χ4v) is 2.46. The lowest BCUT2D eigenvalue weighted by molar-refractivity contribution is -0.213. The first kappa shape index (κ1) is 9.57. The van der Waals surface area contributed by atoms with Crippen LogP contribution < -0.4 is 0 Å². The van der Waals surface area contributed by atoms with E-state index < -0.39 is 17.7 Å². The van der Waals surface area contributed by atoms with Crippen molar-refractivity contribution in [2.75, 3.05) is 6.61 Å². The van der Waals surface area contributed by atoms with Gasteiger partial charge >= 0.3 is 5.97 Å². The van der Waals surface area contributed by atoms with E-state index in [2.05, 4.69) is 0 Å². The van der Waals surface area contributed by atoms with Crippen LogP contribution in [-0.2, 0) is 23.7 Å². The highest BCUT2D eigenvalue weighted by atomic mass is 16.8. The summed E-state index contributed by atoms with van der Waals surface area (Å²) in [6, 6.07) is 0. The molecule has 3 rings (SSSR count). The van der Waals surface area contributed by atoms with E-state index >= 15 is 0 Å². The molecule has 3 atom stereocenters. The summed E-state index contributed by atoms with van der Waals surface area (Å²) in [6.45, 7) is 4.04. The van der Waals surface area contributed by atoms with Gasteiger partial charge in [0.1, 0.15) is 0 Å². The number of ether oxygens (including phenoxy) is 4. The molecule has 0 aromatic carbocycles. The molecule has 0 radical (unpaired) electrons. The zero-order chi connectivity index (χ0) is 10.7. The Morgan fingerprint density at radius 2 is 2.13 bits per heavy atom. The molecule has 3 heterocycles. The van der Waals surface area contributed by atoms with Gasteiger partial charge in [-0.15, -0.1) is 0 Å². The predicted octanol–water partition coefficient (Wildman–Crippen LogP) is 0.570. The Morgan fingerprint density at radius 3 is 2.80 bits per heavy atom. The van der Waals surface area contributed by atoms with Crippen LogP contribution in [0.25, 0.3) is 0 Å². The molecule has 0 aliphatic carbocycles. The Morgan fingerprint density at radius 1 is 1.33 bits per heavy atom. The highest BCUT2D eigenvalue weighted by molar-refractivity contribution is 5.72. The van der Waals surface area contributed by atoms with Gasteiger partial charge < -0.3 is 18.9 Å². The van der Waals surface area contributed by atoms with Crippen molar-refractivity contribution in [1.82, 2.24) is 0 Å². The molecule has 0 aromatic rings. The third-order valence-electron chi connectivity index (χ3n) is 3.14. The molecule has 3 aliphatic heterocycles. The molecule has 1 spiro atoms. The minimum Gasteiger partial charge on any atom is -0.454 e. The molecular weight excluding hydrogens is 200 g/mol. The summed E-state index contributed by atoms with van der Waals surface area (Å²) < 4.78 is 22.1. The van der Waals surface area contributed by atoms with Crippen LogP contribution in [-0.4, -0.2) is 36.4 Å². The first-order chi connectivity index (χ1) is 7.01. The van der Waals surface area contributed by atoms with Crippen LogP contribution in [0.4, 0.5) is 0 Å². The standard InChI is InChI=1S/C10H14O5/c1-9(2)14-7-8(15-9)12-5-10(7)4-3-6(11)13-10/h7-8H,3-5H2,1-2H3/t7-,8+,10+/m0/s1. The largest absolute Gasteiger partial charge is 0.454 e. The normalized spacial score (nSPS) is 47.2. The van der Waals surface area contributed by atoms with E-state index in [0.29, 0.717) is 19.4 Å². The highest BCUT2D eigenvalue weighted by Gasteiger charge is 2.62. The van der Waals surface area contributed by atoms with Gasteiger partial charge in [0.05, 0.1) is 6.61 Å². The molecule has 0 N–H and O–H groups in total. The number of esters is 1. The molecule has 0 unspecified atom stereocenters. The maximum absolute atomic E-state index is 11.2. The fraction of sp³-hybridized carbons (Fsp3) is 0.900. The highest BCUT2D eigenvalue weighted by Crippen LogP contribution is 2.45. The van der Waals surface area contributed by atoms with Crippen molar-refractivity contribution in [3.63, 3.8) is 0 Å². The number of fused-ring (bicyclic) bond motifs is 2. The predicted molar refractivity (Wildman–Crippen MR) is 47.8 cm³/mol. The van der Waals surface area contributed by atoms with Gasteiger partial charge in [-0.2, -0.15) is 0 Å². The summed E-state index contributed by atoms with van der Waals surface area (Å²) in [4.78, 5) is 11.2. The molecule has 3 saturated heterocycles. The first-order valence-electron chi connectivity index (χ1n) is 5.20. The van der Waals surface area contributed by atoms with E-state index in [1.54, 1.807) is 0 Å². The fourth-order valence-electron chi connectivity index (χ4n) is 2.46. The van der Waals surface area contributed by atoms with Crippen LogP contribution in [0.1, 0.15) is 26.7 Å². The first-order valence-corrected chi connectivity index (χ1v) is 5.20. The van der Waals surface area contributed by atoms with Crippen LogP contribution in [0.15, 0.2) is 0 Å². The maximum atomic E-state index is 11.2. The van der Waals surface area contributed by atoms with Crippen molar-refractivity contribution >= 4 is 5.97 Å². The minimum absolute atomic E-state index is 0.174. The SMILES string of the molecule is CC1(C)O[C@H]2OC[C@]3(CCC(=O)O3)[C@H]2O1. The molecular formula is C10H14O5. The van der Waals surface area contributed by atoms with Gasteiger partial charge in [-0.05, 0) is 13.8 Å². The van der Waals surface area contributed by atoms with E-state index in [9.17, 15) is 4.79 Å². The van der Waals surface area contributed by atoms with Crippen LogP contribution in [0.2, 0.25) is 0 Å². The molecule has 0 bridgehead atoms. The van der Waals surface area contributed by atoms with Crippen LogP contribution in [0.3, 0.4) is 0 Å². The van der Waals surface area contributed by atoms with Crippen LogP contribution in [0, 0.1) is 0 Å². The second-order valence-corrected chi connectivity index (χ2v) is 4.77. The van der Waals surface area contributed by atoms with Crippen molar-refractivity contribution in [2.24, 2.45) is 0 Å². The van der Waals surface area contributed by atoms with Gasteiger partial charge in [0, 0.05) is 12.8 Å². The third kappa shape index (κ3) is 1.30. The average molecular weight is 214 g/mol. The quantitative estimate of drug-likeness (QED) is 0.552. The van der Waals surface area contributed by atoms with Crippen molar-refractivity contribution < 1.29 is 23.7 Å². The molecule has 84 valence electrons. The molecule has 0 saturated carbocycles. The van der Waals surface area contributed by atoms with E-state index in [-0.39, 0.29) is 12.1 Å². The zero-order valence-corrected chi connectivity index (χ0v) is 8.82. The van der Waals surface area contributed by atoms with E-state index in [0.717, 1.165) is 0 Å². The lowest BCUT2D eigenvalue weighted by Gasteiger charge is -2.27. The summed E-state index contributed by atoms with van der Waals surface area (Å²) in [6.07, 6.45) is 0.424. The Hall–Kier alpha value is -0.650. The second-order valence-electron chi connectivity index (χ2n) is 4.77. The van der Waals surface area contributed by atoms with E-state index in [1.165, 1.54) is 0 Å². The van der Waals surface area contributed by atoms with E-state index in [1.807, 2.05) is 13.8 Å². The van der Waals surface area contributed by atoms with Crippen molar-refractivity contribution in [1.29, 1.82) is 0 Å². The van der Waals surface area contributed by atoms with Crippen molar-refractivity contribution in [3.8, 4) is 0 Å². The Balaban J connectivity index is 1.86. The molecule has 0 aromatic heterocycles. The molecule has 3 aliphatic rings. The smallest absolute Gasteiger partial charge is 0.306 e. The number of carbonyl (C=O) groups is 1. The van der Waals surface area contributed by atoms with Gasteiger partial charge in [0.2, 0.25) is 0 Å². The monoisotopic (exact) mass is 214 g/mol. The van der Waals surface area contributed by atoms with E-state index in [4.69, 9.17) is 18.9 Å². The second kappa shape index (κ2) is 2.72. The van der Waals surface area contributed by atoms with Gasteiger partial charge in [-0.25, -0.2) is 0 Å². The number of hydrogen-bond acceptors (Lipinski definition) is 5. The summed E-state index contributed by atoms with van der Waals surface area (Å²) >= 11 is 0. The lowest BCUT2D eigenvalue weighted by Crippen LogP contribution is -2.43. The maximum Gasteiger partial charge on any atom is 0.306 e. The topological polar surface area (TPSA) is 54.0 Å². The molecule has 0 amide bonds. The van der Waals surface area contributed by atoms with Gasteiger partial charge in [-0.1, -0.05) is 0 Å². The average Bonchev–Trinajstić information content (AvgIpc) is 2.72.